The first-order chi connectivity index (χ1) is 11.6. The Balaban J connectivity index is 1.76. The van der Waals surface area contributed by atoms with Gasteiger partial charge >= 0.3 is 0 Å². The highest BCUT2D eigenvalue weighted by molar-refractivity contribution is 5.79. The van der Waals surface area contributed by atoms with Crippen LogP contribution >= 0.6 is 0 Å². The van der Waals surface area contributed by atoms with Crippen LogP contribution in [0.2, 0.25) is 0 Å². The molecule has 2 N–H and O–H groups in total. The van der Waals surface area contributed by atoms with Crippen molar-refractivity contribution in [3.8, 4) is 0 Å². The molecule has 1 fully saturated rings. The number of benzene rings is 1. The van der Waals surface area contributed by atoms with Gasteiger partial charge in [-0.05, 0) is 25.3 Å². The number of rotatable bonds is 6. The number of morpholine rings is 1. The van der Waals surface area contributed by atoms with Gasteiger partial charge in [0, 0.05) is 38.8 Å². The lowest BCUT2D eigenvalue weighted by molar-refractivity contribution is -0.0174. The maximum atomic E-state index is 5.52. The van der Waals surface area contributed by atoms with Gasteiger partial charge in [0.1, 0.15) is 0 Å². The minimum absolute atomic E-state index is 0.446. The van der Waals surface area contributed by atoms with Crippen molar-refractivity contribution in [1.82, 2.24) is 15.5 Å². The van der Waals surface area contributed by atoms with E-state index in [9.17, 15) is 0 Å². The summed E-state index contributed by atoms with van der Waals surface area (Å²) < 4.78 is 5.52. The summed E-state index contributed by atoms with van der Waals surface area (Å²) in [6, 6.07) is 11.5. The van der Waals surface area contributed by atoms with Crippen molar-refractivity contribution >= 4 is 5.96 Å². The van der Waals surface area contributed by atoms with Crippen molar-refractivity contribution in [3.05, 3.63) is 35.9 Å². The topological polar surface area (TPSA) is 48.9 Å². The fourth-order valence-electron chi connectivity index (χ4n) is 3.13. The van der Waals surface area contributed by atoms with Gasteiger partial charge in [-0.15, -0.1) is 0 Å². The van der Waals surface area contributed by atoms with Gasteiger partial charge in [-0.3, -0.25) is 9.89 Å². The quantitative estimate of drug-likeness (QED) is 0.618. The zero-order valence-electron chi connectivity index (χ0n) is 15.5. The predicted molar refractivity (Wildman–Crippen MR) is 101 cm³/mol. The Morgan fingerprint density at radius 1 is 1.25 bits per heavy atom. The van der Waals surface area contributed by atoms with E-state index in [4.69, 9.17) is 4.74 Å². The van der Waals surface area contributed by atoms with Crippen LogP contribution < -0.4 is 10.6 Å². The predicted octanol–water partition coefficient (Wildman–Crippen LogP) is 2.06. The van der Waals surface area contributed by atoms with Gasteiger partial charge < -0.3 is 15.4 Å². The Bertz CT molecular complexity index is 505. The highest BCUT2D eigenvalue weighted by Crippen LogP contribution is 2.13. The first kappa shape index (κ1) is 18.7. The second-order valence-electron chi connectivity index (χ2n) is 6.66. The Kier molecular flexibility index (Phi) is 7.53. The fourth-order valence-corrected chi connectivity index (χ4v) is 3.13. The number of aliphatic imine (C=N–C) groups is 1. The van der Waals surface area contributed by atoms with Crippen molar-refractivity contribution < 1.29 is 4.74 Å². The van der Waals surface area contributed by atoms with Crippen molar-refractivity contribution in [1.29, 1.82) is 0 Å². The molecular formula is C19H32N4O. The van der Waals surface area contributed by atoms with Crippen LogP contribution in [0.1, 0.15) is 32.3 Å². The average Bonchev–Trinajstić information content (AvgIpc) is 2.62. The van der Waals surface area contributed by atoms with E-state index >= 15 is 0 Å². The second-order valence-corrected chi connectivity index (χ2v) is 6.66. The van der Waals surface area contributed by atoms with E-state index < -0.39 is 0 Å². The van der Waals surface area contributed by atoms with Gasteiger partial charge in [0.25, 0.3) is 0 Å². The standard InChI is InChI=1S/C19H32N4O/c1-15(18-8-6-5-7-9-18)12-21-19(20-4)22-13-16(2)23-10-11-24-14-17(23)3/h5-9,15-17H,10-14H2,1-4H3,(H2,20,21,22). The molecular weight excluding hydrogens is 300 g/mol. The van der Waals surface area contributed by atoms with Crippen LogP contribution in [0.25, 0.3) is 0 Å². The van der Waals surface area contributed by atoms with Crippen LogP contribution in [0.5, 0.6) is 0 Å². The van der Waals surface area contributed by atoms with Crippen LogP contribution in [0.15, 0.2) is 35.3 Å². The third-order valence-electron chi connectivity index (χ3n) is 4.72. The van der Waals surface area contributed by atoms with E-state index in [0.29, 0.717) is 18.0 Å². The smallest absolute Gasteiger partial charge is 0.191 e. The Morgan fingerprint density at radius 3 is 2.62 bits per heavy atom. The first-order valence-corrected chi connectivity index (χ1v) is 8.94. The summed E-state index contributed by atoms with van der Waals surface area (Å²) >= 11 is 0. The summed E-state index contributed by atoms with van der Waals surface area (Å²) in [5.74, 6) is 1.31. The molecule has 5 nitrogen and oxygen atoms in total. The normalized spacial score (nSPS) is 22.0. The Labute approximate surface area is 146 Å². The monoisotopic (exact) mass is 332 g/mol. The number of nitrogens with one attached hydrogen (secondary N) is 2. The van der Waals surface area contributed by atoms with E-state index in [0.717, 1.165) is 38.8 Å². The molecule has 24 heavy (non-hydrogen) atoms. The largest absolute Gasteiger partial charge is 0.379 e. The molecule has 2 rings (SSSR count). The first-order valence-electron chi connectivity index (χ1n) is 8.94. The van der Waals surface area contributed by atoms with Crippen LogP contribution in [0.4, 0.5) is 0 Å². The minimum atomic E-state index is 0.446. The lowest BCUT2D eigenvalue weighted by Gasteiger charge is -2.38. The van der Waals surface area contributed by atoms with Gasteiger partial charge in [0.05, 0.1) is 13.2 Å². The molecule has 1 aromatic carbocycles. The third kappa shape index (κ3) is 5.49. The molecule has 1 aliphatic rings. The summed E-state index contributed by atoms with van der Waals surface area (Å²) in [6.45, 7) is 11.1. The van der Waals surface area contributed by atoms with Gasteiger partial charge in [0.2, 0.25) is 0 Å². The van der Waals surface area contributed by atoms with Gasteiger partial charge in [-0.1, -0.05) is 37.3 Å². The second kappa shape index (κ2) is 9.64. The van der Waals surface area contributed by atoms with Crippen LogP contribution in [0, 0.1) is 0 Å². The van der Waals surface area contributed by atoms with Crippen LogP contribution in [-0.2, 0) is 4.74 Å². The molecule has 0 aliphatic carbocycles. The molecule has 1 aliphatic heterocycles. The molecule has 5 heteroatoms. The van der Waals surface area contributed by atoms with Crippen LogP contribution in [0.3, 0.4) is 0 Å². The van der Waals surface area contributed by atoms with E-state index in [1.165, 1.54) is 5.56 Å². The molecule has 0 bridgehead atoms. The van der Waals surface area contributed by atoms with Gasteiger partial charge in [-0.2, -0.15) is 0 Å². The molecule has 0 radical (unpaired) electrons. The molecule has 134 valence electrons. The van der Waals surface area contributed by atoms with Crippen molar-refractivity contribution in [2.45, 2.75) is 38.8 Å². The number of ether oxygens (including phenoxy) is 1. The molecule has 3 unspecified atom stereocenters. The molecule has 0 spiro atoms. The van der Waals surface area contributed by atoms with Crippen molar-refractivity contribution in [2.24, 2.45) is 4.99 Å². The van der Waals surface area contributed by atoms with Gasteiger partial charge in [-0.25, -0.2) is 0 Å². The maximum Gasteiger partial charge on any atom is 0.191 e. The molecule has 0 amide bonds. The maximum absolute atomic E-state index is 5.52. The summed E-state index contributed by atoms with van der Waals surface area (Å²) in [7, 11) is 1.82. The fraction of sp³-hybridized carbons (Fsp3) is 0.632. The Morgan fingerprint density at radius 2 is 1.96 bits per heavy atom. The zero-order valence-corrected chi connectivity index (χ0v) is 15.5. The van der Waals surface area contributed by atoms with E-state index in [1.54, 1.807) is 0 Å². The van der Waals surface area contributed by atoms with Crippen molar-refractivity contribution in [3.63, 3.8) is 0 Å². The third-order valence-corrected chi connectivity index (χ3v) is 4.72. The summed E-state index contributed by atoms with van der Waals surface area (Å²) in [4.78, 5) is 6.84. The van der Waals surface area contributed by atoms with E-state index in [-0.39, 0.29) is 0 Å². The lowest BCUT2D eigenvalue weighted by Crippen LogP contribution is -2.53. The van der Waals surface area contributed by atoms with E-state index in [1.807, 2.05) is 7.05 Å². The lowest BCUT2D eigenvalue weighted by atomic mass is 10.0. The molecule has 1 saturated heterocycles. The highest BCUT2D eigenvalue weighted by Gasteiger charge is 2.23. The Hall–Kier alpha value is -1.59. The number of hydrogen-bond acceptors (Lipinski definition) is 3. The molecule has 1 aromatic rings. The number of guanidine groups is 1. The summed E-state index contributed by atoms with van der Waals surface area (Å²) in [5, 5.41) is 6.88. The molecule has 0 saturated carbocycles. The highest BCUT2D eigenvalue weighted by atomic mass is 16.5. The van der Waals surface area contributed by atoms with Crippen LogP contribution in [-0.4, -0.2) is 62.8 Å². The van der Waals surface area contributed by atoms with E-state index in [2.05, 4.69) is 71.6 Å². The summed E-state index contributed by atoms with van der Waals surface area (Å²) in [5.41, 5.74) is 1.34. The molecule has 1 heterocycles. The number of hydrogen-bond donors (Lipinski definition) is 2. The minimum Gasteiger partial charge on any atom is -0.379 e. The summed E-state index contributed by atoms with van der Waals surface area (Å²) in [6.07, 6.45) is 0. The van der Waals surface area contributed by atoms with Gasteiger partial charge in [0.15, 0.2) is 5.96 Å². The number of nitrogens with zero attached hydrogens (tertiary/aromatic N) is 2. The SMILES string of the molecule is CN=C(NCC(C)c1ccccc1)NCC(C)N1CCOCC1C. The zero-order chi connectivity index (χ0) is 17.4. The average molecular weight is 332 g/mol. The molecule has 0 aromatic heterocycles. The molecule has 3 atom stereocenters. The van der Waals surface area contributed by atoms with Crippen molar-refractivity contribution in [2.75, 3.05) is 39.9 Å².